The van der Waals surface area contributed by atoms with Gasteiger partial charge in [0.05, 0.1) is 11.4 Å². The Labute approximate surface area is 297 Å². The van der Waals surface area contributed by atoms with Crippen molar-refractivity contribution in [3.63, 3.8) is 0 Å². The maximum absolute atomic E-state index is 2.50. The summed E-state index contributed by atoms with van der Waals surface area (Å²) in [5.74, 6) is 0. The second-order valence-corrected chi connectivity index (χ2v) is 13.6. The molecule has 8 aromatic carbocycles. The lowest BCUT2D eigenvalue weighted by Crippen LogP contribution is -2.12. The molecule has 1 nitrogen and oxygen atoms in total. The van der Waals surface area contributed by atoms with Crippen LogP contribution in [0.3, 0.4) is 0 Å². The maximum atomic E-state index is 2.50. The van der Waals surface area contributed by atoms with Crippen molar-refractivity contribution in [2.24, 2.45) is 0 Å². The van der Waals surface area contributed by atoms with Gasteiger partial charge in [0.25, 0.3) is 0 Å². The van der Waals surface area contributed by atoms with Crippen LogP contribution in [0.15, 0.2) is 200 Å². The predicted molar refractivity (Wildman–Crippen MR) is 216 cm³/mol. The van der Waals surface area contributed by atoms with Crippen molar-refractivity contribution in [2.45, 2.75) is 0 Å². The number of nitrogens with zero attached hydrogens (tertiary/aromatic N) is 1. The van der Waals surface area contributed by atoms with Crippen LogP contribution < -0.4 is 4.90 Å². The van der Waals surface area contributed by atoms with Gasteiger partial charge < -0.3 is 4.90 Å². The number of hydrogen-bond acceptors (Lipinski definition) is 2. The number of thiophene rings is 1. The molecule has 0 N–H and O–H groups in total. The maximum Gasteiger partial charge on any atom is 0.0555 e. The summed E-state index contributed by atoms with van der Waals surface area (Å²) in [5.41, 5.74) is 12.9. The molecule has 0 bridgehead atoms. The molecule has 0 aliphatic heterocycles. The number of anilines is 3. The molecule has 0 spiro atoms. The molecule has 1 heterocycles. The zero-order chi connectivity index (χ0) is 33.3. The molecular formula is C48H33NS. The van der Waals surface area contributed by atoms with Crippen molar-refractivity contribution in [3.8, 4) is 44.5 Å². The van der Waals surface area contributed by atoms with Crippen LogP contribution in [-0.4, -0.2) is 0 Å². The van der Waals surface area contributed by atoms with Gasteiger partial charge in [-0.2, -0.15) is 0 Å². The molecule has 1 aromatic heterocycles. The molecule has 0 radical (unpaired) electrons. The number of benzene rings is 8. The zero-order valence-corrected chi connectivity index (χ0v) is 28.2. The zero-order valence-electron chi connectivity index (χ0n) is 27.4. The average molecular weight is 656 g/mol. The Hall–Kier alpha value is -6.22. The minimum atomic E-state index is 1.11. The molecule has 0 aliphatic carbocycles. The van der Waals surface area contributed by atoms with Crippen LogP contribution in [0.1, 0.15) is 0 Å². The van der Waals surface area contributed by atoms with E-state index in [1.165, 1.54) is 64.7 Å². The van der Waals surface area contributed by atoms with Crippen LogP contribution in [0, 0.1) is 0 Å². The predicted octanol–water partition coefficient (Wildman–Crippen LogP) is 14.2. The van der Waals surface area contributed by atoms with E-state index < -0.39 is 0 Å². The Morgan fingerprint density at radius 2 is 0.860 bits per heavy atom. The first-order valence-corrected chi connectivity index (χ1v) is 17.8. The molecule has 0 amide bonds. The average Bonchev–Trinajstić information content (AvgIpc) is 3.59. The quantitative estimate of drug-likeness (QED) is 0.165. The molecule has 0 saturated heterocycles. The van der Waals surface area contributed by atoms with Crippen molar-refractivity contribution in [3.05, 3.63) is 200 Å². The largest absolute Gasteiger partial charge is 0.309 e. The third-order valence-corrected chi connectivity index (χ3v) is 10.6. The van der Waals surface area contributed by atoms with E-state index in [1.807, 2.05) is 11.3 Å². The summed E-state index contributed by atoms with van der Waals surface area (Å²) in [4.78, 5) is 2.50. The first kappa shape index (κ1) is 29.9. The molecular weight excluding hydrogens is 623 g/mol. The normalized spacial score (nSPS) is 11.2. The highest BCUT2D eigenvalue weighted by Gasteiger charge is 2.25. The van der Waals surface area contributed by atoms with Gasteiger partial charge in [0.2, 0.25) is 0 Å². The molecule has 9 rings (SSSR count). The standard InChI is InChI=1S/C48H33NS/c1-4-17-34(18-5-1)37-23-14-24-38(33-37)49(44-30-16-32-46-48(44)42-27-12-13-31-45(42)50-46)43-29-15-28-40(36-21-8-3-9-22-36)47(43)41-26-11-10-25-39(41)35-19-6-2-7-20-35/h1-33H. The fraction of sp³-hybridized carbons (Fsp3) is 0. The Morgan fingerprint density at radius 3 is 1.62 bits per heavy atom. The van der Waals surface area contributed by atoms with Crippen molar-refractivity contribution in [2.75, 3.05) is 4.90 Å². The lowest BCUT2D eigenvalue weighted by Gasteiger charge is -2.31. The van der Waals surface area contributed by atoms with E-state index in [4.69, 9.17) is 0 Å². The van der Waals surface area contributed by atoms with Crippen molar-refractivity contribution in [1.82, 2.24) is 0 Å². The SMILES string of the molecule is c1ccc(-c2cccc(N(c3cccc(-c4ccccc4)c3-c3ccccc3-c3ccccc3)c3cccc4sc5ccccc5c34)c2)cc1. The second kappa shape index (κ2) is 13.0. The van der Waals surface area contributed by atoms with Crippen molar-refractivity contribution in [1.29, 1.82) is 0 Å². The summed E-state index contributed by atoms with van der Waals surface area (Å²) in [6.45, 7) is 0. The highest BCUT2D eigenvalue weighted by Crippen LogP contribution is 2.51. The van der Waals surface area contributed by atoms with Gasteiger partial charge in [-0.05, 0) is 75.3 Å². The Kier molecular flexibility index (Phi) is 7.77. The summed E-state index contributed by atoms with van der Waals surface area (Å²) >= 11 is 1.86. The van der Waals surface area contributed by atoms with E-state index in [9.17, 15) is 0 Å². The monoisotopic (exact) mass is 655 g/mol. The van der Waals surface area contributed by atoms with E-state index >= 15 is 0 Å². The van der Waals surface area contributed by atoms with Gasteiger partial charge in [-0.15, -0.1) is 11.3 Å². The van der Waals surface area contributed by atoms with E-state index in [-0.39, 0.29) is 0 Å². The topological polar surface area (TPSA) is 3.24 Å². The molecule has 0 aliphatic rings. The van der Waals surface area contributed by atoms with Gasteiger partial charge >= 0.3 is 0 Å². The van der Waals surface area contributed by atoms with Gasteiger partial charge in [-0.1, -0.05) is 164 Å². The number of fused-ring (bicyclic) bond motifs is 3. The van der Waals surface area contributed by atoms with Crippen LogP contribution in [0.5, 0.6) is 0 Å². The molecule has 50 heavy (non-hydrogen) atoms. The highest BCUT2D eigenvalue weighted by molar-refractivity contribution is 7.26. The highest BCUT2D eigenvalue weighted by atomic mass is 32.1. The number of hydrogen-bond donors (Lipinski definition) is 0. The first-order chi connectivity index (χ1) is 24.8. The second-order valence-electron chi connectivity index (χ2n) is 12.5. The van der Waals surface area contributed by atoms with Gasteiger partial charge in [-0.25, -0.2) is 0 Å². The summed E-state index contributed by atoms with van der Waals surface area (Å²) in [7, 11) is 0. The van der Waals surface area contributed by atoms with E-state index in [2.05, 4.69) is 205 Å². The smallest absolute Gasteiger partial charge is 0.0555 e. The van der Waals surface area contributed by atoms with Crippen molar-refractivity contribution < 1.29 is 0 Å². The Bertz CT molecular complexity index is 2590. The van der Waals surface area contributed by atoms with E-state index in [0.717, 1.165) is 17.1 Å². The fourth-order valence-electron chi connectivity index (χ4n) is 7.24. The van der Waals surface area contributed by atoms with Gasteiger partial charge in [0.15, 0.2) is 0 Å². The third-order valence-electron chi connectivity index (χ3n) is 9.48. The third kappa shape index (κ3) is 5.37. The molecule has 0 atom stereocenters. The minimum Gasteiger partial charge on any atom is -0.309 e. The fourth-order valence-corrected chi connectivity index (χ4v) is 8.37. The molecule has 2 heteroatoms. The number of rotatable bonds is 7. The molecule has 236 valence electrons. The Morgan fingerprint density at radius 1 is 0.340 bits per heavy atom. The molecule has 0 fully saturated rings. The van der Waals surface area contributed by atoms with Crippen LogP contribution in [0.4, 0.5) is 17.1 Å². The summed E-state index contributed by atoms with van der Waals surface area (Å²) in [6, 6.07) is 72.4. The van der Waals surface area contributed by atoms with Crippen LogP contribution >= 0.6 is 11.3 Å². The van der Waals surface area contributed by atoms with Crippen LogP contribution in [0.2, 0.25) is 0 Å². The van der Waals surface area contributed by atoms with E-state index in [0.29, 0.717) is 0 Å². The van der Waals surface area contributed by atoms with Gasteiger partial charge in [0.1, 0.15) is 0 Å². The van der Waals surface area contributed by atoms with E-state index in [1.54, 1.807) is 0 Å². The van der Waals surface area contributed by atoms with Crippen LogP contribution in [-0.2, 0) is 0 Å². The summed E-state index contributed by atoms with van der Waals surface area (Å²) < 4.78 is 2.57. The molecule has 0 saturated carbocycles. The van der Waals surface area contributed by atoms with Crippen molar-refractivity contribution >= 4 is 48.6 Å². The first-order valence-electron chi connectivity index (χ1n) is 17.0. The lowest BCUT2D eigenvalue weighted by atomic mass is 9.87. The summed E-state index contributed by atoms with van der Waals surface area (Å²) in [6.07, 6.45) is 0. The van der Waals surface area contributed by atoms with Crippen LogP contribution in [0.25, 0.3) is 64.7 Å². The molecule has 9 aromatic rings. The summed E-state index contributed by atoms with van der Waals surface area (Å²) in [5, 5.41) is 2.54. The van der Waals surface area contributed by atoms with Gasteiger partial charge in [0, 0.05) is 31.4 Å². The Balaban J connectivity index is 1.40. The molecule has 0 unspecified atom stereocenters. The minimum absolute atomic E-state index is 1.11. The lowest BCUT2D eigenvalue weighted by molar-refractivity contribution is 1.30. The van der Waals surface area contributed by atoms with Gasteiger partial charge in [-0.3, -0.25) is 0 Å².